The second kappa shape index (κ2) is 10.6. The summed E-state index contributed by atoms with van der Waals surface area (Å²) in [6, 6.07) is 10.7. The molecule has 6 rings (SSSR count). The third kappa shape index (κ3) is 6.26. The number of anilines is 2. The number of imidazole rings is 2. The first kappa shape index (κ1) is 27.2. The molecule has 2 aromatic heterocycles. The lowest BCUT2D eigenvalue weighted by Crippen LogP contribution is -2.20. The van der Waals surface area contributed by atoms with Crippen molar-refractivity contribution in [1.82, 2.24) is 19.9 Å². The molecular formula is C26H30N6O4S3. The van der Waals surface area contributed by atoms with Crippen LogP contribution in [0.4, 0.5) is 11.4 Å². The summed E-state index contributed by atoms with van der Waals surface area (Å²) in [5.41, 5.74) is 6.41. The predicted octanol–water partition coefficient (Wildman–Crippen LogP) is 3.41. The first-order valence-corrected chi connectivity index (χ1v) is 16.6. The minimum atomic E-state index is -3.17. The summed E-state index contributed by atoms with van der Waals surface area (Å²) in [5, 5.41) is 0. The van der Waals surface area contributed by atoms with Crippen molar-refractivity contribution in [1.29, 1.82) is 0 Å². The molecule has 4 heterocycles. The molecule has 10 nitrogen and oxygen atoms in total. The van der Waals surface area contributed by atoms with Crippen LogP contribution in [0.3, 0.4) is 0 Å². The number of hydrogen-bond acceptors (Lipinski definition) is 8. The standard InChI is InChI=1S/C13H15N3O2S2.C13H15N3O2S/c1-20(17,18)11-3-2-9-4-5-16(12(9)6-11)8-10-7-14-13(19)15-10;1-19(17,18)12-3-2-10-4-5-16(13(10)6-12)8-11-7-14-9-15-11/h2-3,6-7H,4-5,8H2,1H3,(H2,14,15,19);2-3,6-7,9H,4-5,8H2,1H3,(H,14,15). The van der Waals surface area contributed by atoms with Gasteiger partial charge in [0.15, 0.2) is 24.4 Å². The molecule has 0 atom stereocenters. The van der Waals surface area contributed by atoms with Crippen LogP contribution >= 0.6 is 12.2 Å². The number of aromatic amines is 3. The molecule has 2 aliphatic rings. The summed E-state index contributed by atoms with van der Waals surface area (Å²) in [6.45, 7) is 3.20. The van der Waals surface area contributed by atoms with Crippen molar-refractivity contribution in [3.05, 3.63) is 82.4 Å². The molecule has 0 saturated heterocycles. The second-order valence-corrected chi connectivity index (χ2v) is 14.3. The van der Waals surface area contributed by atoms with E-state index in [1.807, 2.05) is 18.3 Å². The third-order valence-corrected chi connectivity index (χ3v) is 9.32. The summed E-state index contributed by atoms with van der Waals surface area (Å²) < 4.78 is 47.2. The number of nitrogens with zero attached hydrogens (tertiary/aromatic N) is 3. The Morgan fingerprint density at radius 1 is 0.821 bits per heavy atom. The molecule has 0 fully saturated rings. The Morgan fingerprint density at radius 2 is 1.36 bits per heavy atom. The minimum Gasteiger partial charge on any atom is -0.365 e. The lowest BCUT2D eigenvalue weighted by Gasteiger charge is -2.18. The maximum Gasteiger partial charge on any atom is 0.175 e. The number of nitrogens with one attached hydrogen (secondary N) is 3. The Kier molecular flexibility index (Phi) is 7.40. The van der Waals surface area contributed by atoms with Crippen LogP contribution in [0, 0.1) is 4.77 Å². The molecule has 2 aliphatic heterocycles. The highest BCUT2D eigenvalue weighted by Gasteiger charge is 2.23. The van der Waals surface area contributed by atoms with Gasteiger partial charge in [-0.25, -0.2) is 21.8 Å². The van der Waals surface area contributed by atoms with Gasteiger partial charge in [0.25, 0.3) is 0 Å². The predicted molar refractivity (Wildman–Crippen MR) is 153 cm³/mol. The zero-order valence-corrected chi connectivity index (χ0v) is 24.1. The van der Waals surface area contributed by atoms with Crippen molar-refractivity contribution in [2.24, 2.45) is 0 Å². The molecule has 0 spiro atoms. The smallest absolute Gasteiger partial charge is 0.175 e. The first-order chi connectivity index (χ1) is 18.5. The van der Waals surface area contributed by atoms with Gasteiger partial charge in [0.2, 0.25) is 0 Å². The van der Waals surface area contributed by atoms with Gasteiger partial charge in [-0.2, -0.15) is 0 Å². The molecule has 3 N–H and O–H groups in total. The fourth-order valence-corrected chi connectivity index (χ4v) is 6.35. The average molecular weight is 587 g/mol. The number of benzene rings is 2. The van der Waals surface area contributed by atoms with E-state index in [0.717, 1.165) is 55.2 Å². The molecule has 206 valence electrons. The molecule has 0 bridgehead atoms. The van der Waals surface area contributed by atoms with E-state index in [4.69, 9.17) is 12.2 Å². The van der Waals surface area contributed by atoms with Crippen molar-refractivity contribution in [2.75, 3.05) is 35.4 Å². The number of aromatic nitrogens is 4. The largest absolute Gasteiger partial charge is 0.365 e. The van der Waals surface area contributed by atoms with E-state index in [0.29, 0.717) is 21.1 Å². The molecule has 0 radical (unpaired) electrons. The van der Waals surface area contributed by atoms with Crippen LogP contribution in [-0.2, 0) is 45.6 Å². The lowest BCUT2D eigenvalue weighted by atomic mass is 10.2. The zero-order valence-electron chi connectivity index (χ0n) is 21.6. The van der Waals surface area contributed by atoms with E-state index in [1.165, 1.54) is 23.6 Å². The van der Waals surface area contributed by atoms with Gasteiger partial charge < -0.3 is 24.8 Å². The number of fused-ring (bicyclic) bond motifs is 2. The van der Waals surface area contributed by atoms with Crippen molar-refractivity contribution >= 4 is 43.3 Å². The van der Waals surface area contributed by atoms with Gasteiger partial charge in [0, 0.05) is 49.4 Å². The van der Waals surface area contributed by atoms with Crippen LogP contribution in [0.5, 0.6) is 0 Å². The number of sulfone groups is 2. The Hall–Kier alpha value is -3.42. The van der Waals surface area contributed by atoms with Crippen LogP contribution in [0.15, 0.2) is 64.9 Å². The van der Waals surface area contributed by atoms with Crippen molar-refractivity contribution < 1.29 is 16.8 Å². The molecule has 39 heavy (non-hydrogen) atoms. The Morgan fingerprint density at radius 3 is 1.79 bits per heavy atom. The normalized spacial score (nSPS) is 14.6. The quantitative estimate of drug-likeness (QED) is 0.293. The topological polar surface area (TPSA) is 135 Å². The first-order valence-electron chi connectivity index (χ1n) is 12.4. The summed E-state index contributed by atoms with van der Waals surface area (Å²) in [6.07, 6.45) is 9.65. The van der Waals surface area contributed by atoms with Crippen LogP contribution in [0.1, 0.15) is 22.5 Å². The highest BCUT2D eigenvalue weighted by molar-refractivity contribution is 7.91. The Bertz CT molecular complexity index is 1760. The van der Waals surface area contributed by atoms with Crippen LogP contribution in [-0.4, -0.2) is 62.4 Å². The molecule has 0 amide bonds. The molecule has 13 heteroatoms. The summed E-state index contributed by atoms with van der Waals surface area (Å²) >= 11 is 5.01. The Labute approximate surface area is 233 Å². The fourth-order valence-electron chi connectivity index (χ4n) is 4.88. The number of H-pyrrole nitrogens is 3. The highest BCUT2D eigenvalue weighted by atomic mass is 32.2. The van der Waals surface area contributed by atoms with Crippen LogP contribution < -0.4 is 9.80 Å². The Balaban J connectivity index is 0.000000158. The van der Waals surface area contributed by atoms with E-state index < -0.39 is 19.7 Å². The fraction of sp³-hybridized carbons (Fsp3) is 0.308. The minimum absolute atomic E-state index is 0.366. The van der Waals surface area contributed by atoms with Gasteiger partial charge in [-0.15, -0.1) is 0 Å². The number of hydrogen-bond donors (Lipinski definition) is 3. The maximum atomic E-state index is 11.7. The van der Waals surface area contributed by atoms with Crippen LogP contribution in [0.25, 0.3) is 0 Å². The van der Waals surface area contributed by atoms with Gasteiger partial charge >= 0.3 is 0 Å². The van der Waals surface area contributed by atoms with Crippen molar-refractivity contribution in [3.8, 4) is 0 Å². The van der Waals surface area contributed by atoms with E-state index in [2.05, 4.69) is 29.7 Å². The molecular weight excluding hydrogens is 557 g/mol. The van der Waals surface area contributed by atoms with E-state index >= 15 is 0 Å². The molecule has 0 unspecified atom stereocenters. The highest BCUT2D eigenvalue weighted by Crippen LogP contribution is 2.32. The molecule has 0 saturated carbocycles. The van der Waals surface area contributed by atoms with E-state index in [-0.39, 0.29) is 0 Å². The second-order valence-electron chi connectivity index (χ2n) is 9.81. The number of rotatable bonds is 6. The van der Waals surface area contributed by atoms with Crippen LogP contribution in [0.2, 0.25) is 0 Å². The third-order valence-electron chi connectivity index (χ3n) is 6.88. The monoisotopic (exact) mass is 586 g/mol. The molecule has 0 aliphatic carbocycles. The van der Waals surface area contributed by atoms with Gasteiger partial charge in [-0.3, -0.25) is 0 Å². The van der Waals surface area contributed by atoms with E-state index in [1.54, 1.807) is 36.8 Å². The molecule has 2 aromatic carbocycles. The van der Waals surface area contributed by atoms with Gasteiger partial charge in [0.05, 0.1) is 40.6 Å². The zero-order chi connectivity index (χ0) is 27.8. The van der Waals surface area contributed by atoms with Crippen molar-refractivity contribution in [2.45, 2.75) is 35.7 Å². The van der Waals surface area contributed by atoms with Crippen molar-refractivity contribution in [3.63, 3.8) is 0 Å². The summed E-state index contributed by atoms with van der Waals surface area (Å²) in [5.74, 6) is 0. The van der Waals surface area contributed by atoms with Gasteiger partial charge in [-0.05, 0) is 60.5 Å². The molecule has 4 aromatic rings. The van der Waals surface area contributed by atoms with E-state index in [9.17, 15) is 16.8 Å². The van der Waals surface area contributed by atoms with Gasteiger partial charge in [0.1, 0.15) is 0 Å². The SMILES string of the molecule is CS(=O)(=O)c1ccc2c(c1)N(Cc1c[nH]c(=S)[nH]1)CC2.CS(=O)(=O)c1ccc2c(c1)N(Cc1cnc[nH]1)CC2. The summed E-state index contributed by atoms with van der Waals surface area (Å²) in [4.78, 5) is 18.2. The average Bonchev–Trinajstić information content (AvgIpc) is 3.68. The van der Waals surface area contributed by atoms with Gasteiger partial charge in [-0.1, -0.05) is 12.1 Å². The lowest BCUT2D eigenvalue weighted by molar-refractivity contribution is 0.600. The summed E-state index contributed by atoms with van der Waals surface area (Å²) in [7, 11) is -6.33. The maximum absolute atomic E-state index is 11.7.